The van der Waals surface area contributed by atoms with Gasteiger partial charge in [-0.3, -0.25) is 9.89 Å². The van der Waals surface area contributed by atoms with Crippen molar-refractivity contribution in [1.82, 2.24) is 15.5 Å². The average Bonchev–Trinajstić information content (AvgIpc) is 3.02. The van der Waals surface area contributed by atoms with Crippen molar-refractivity contribution in [3.05, 3.63) is 41.0 Å². The van der Waals surface area contributed by atoms with Gasteiger partial charge in [-0.05, 0) is 24.8 Å². The third kappa shape index (κ3) is 4.56. The van der Waals surface area contributed by atoms with E-state index in [-0.39, 0.29) is 18.4 Å². The molecule has 2 rings (SSSR count). The molecule has 5 nitrogen and oxygen atoms in total. The van der Waals surface area contributed by atoms with Crippen molar-refractivity contribution in [2.24, 2.45) is 5.92 Å². The summed E-state index contributed by atoms with van der Waals surface area (Å²) in [5.41, 5.74) is 1.83. The summed E-state index contributed by atoms with van der Waals surface area (Å²) in [5.74, 6) is 0.0947. The molecule has 0 saturated carbocycles. The number of hydrogen-bond donors (Lipinski definition) is 3. The Hall–Kier alpha value is -1.85. The fourth-order valence-corrected chi connectivity index (χ4v) is 2.83. The van der Waals surface area contributed by atoms with E-state index in [2.05, 4.69) is 22.4 Å². The van der Waals surface area contributed by atoms with Crippen molar-refractivity contribution in [3.63, 3.8) is 0 Å². The standard InChI is InChI=1S/C17H22ClN3O2/c1-2-5-12(8-9-22)10-19-17(23)14-11-20-21-16(14)13-6-3-4-7-15(13)18/h3-4,6-7,11-12,22H,2,5,8-10H2,1H3,(H,19,23)(H,20,21). The van der Waals surface area contributed by atoms with Crippen LogP contribution in [0.2, 0.25) is 5.02 Å². The zero-order valence-corrected chi connectivity index (χ0v) is 13.9. The van der Waals surface area contributed by atoms with E-state index >= 15 is 0 Å². The number of carbonyl (C=O) groups excluding carboxylic acids is 1. The monoisotopic (exact) mass is 335 g/mol. The zero-order valence-electron chi connectivity index (χ0n) is 13.2. The number of nitrogens with one attached hydrogen (secondary N) is 2. The minimum atomic E-state index is -0.187. The van der Waals surface area contributed by atoms with Crippen LogP contribution >= 0.6 is 11.6 Å². The Labute approximate surface area is 141 Å². The fourth-order valence-electron chi connectivity index (χ4n) is 2.60. The summed E-state index contributed by atoms with van der Waals surface area (Å²) in [6.07, 6.45) is 4.20. The number of carbonyl (C=O) groups is 1. The van der Waals surface area contributed by atoms with Crippen molar-refractivity contribution < 1.29 is 9.90 Å². The molecule has 1 aromatic heterocycles. The summed E-state index contributed by atoms with van der Waals surface area (Å²) < 4.78 is 0. The predicted octanol–water partition coefficient (Wildman–Crippen LogP) is 3.26. The first kappa shape index (κ1) is 17.5. The highest BCUT2D eigenvalue weighted by molar-refractivity contribution is 6.33. The first-order chi connectivity index (χ1) is 11.2. The number of aliphatic hydroxyl groups is 1. The molecular weight excluding hydrogens is 314 g/mol. The number of amides is 1. The molecule has 1 unspecified atom stereocenters. The number of benzene rings is 1. The number of halogens is 1. The van der Waals surface area contributed by atoms with E-state index in [0.29, 0.717) is 29.2 Å². The van der Waals surface area contributed by atoms with Crippen LogP contribution in [0.4, 0.5) is 0 Å². The van der Waals surface area contributed by atoms with E-state index in [1.807, 2.05) is 18.2 Å². The molecule has 0 bridgehead atoms. The molecular formula is C17H22ClN3O2. The molecule has 0 fully saturated rings. The van der Waals surface area contributed by atoms with Crippen LogP contribution in [0.1, 0.15) is 36.5 Å². The van der Waals surface area contributed by atoms with Crippen LogP contribution in [0.3, 0.4) is 0 Å². The highest BCUT2D eigenvalue weighted by atomic mass is 35.5. The highest BCUT2D eigenvalue weighted by Crippen LogP contribution is 2.28. The van der Waals surface area contributed by atoms with Crippen molar-refractivity contribution in [1.29, 1.82) is 0 Å². The van der Waals surface area contributed by atoms with Gasteiger partial charge in [-0.15, -0.1) is 0 Å². The minimum Gasteiger partial charge on any atom is -0.396 e. The lowest BCUT2D eigenvalue weighted by Gasteiger charge is -2.15. The lowest BCUT2D eigenvalue weighted by atomic mass is 10.00. The molecule has 124 valence electrons. The first-order valence-electron chi connectivity index (χ1n) is 7.84. The summed E-state index contributed by atoms with van der Waals surface area (Å²) in [5, 5.41) is 19.4. The van der Waals surface area contributed by atoms with E-state index in [9.17, 15) is 4.79 Å². The highest BCUT2D eigenvalue weighted by Gasteiger charge is 2.18. The van der Waals surface area contributed by atoms with Gasteiger partial charge in [0.05, 0.1) is 17.5 Å². The Morgan fingerprint density at radius 1 is 1.39 bits per heavy atom. The molecule has 0 spiro atoms. The first-order valence-corrected chi connectivity index (χ1v) is 8.22. The Kier molecular flexibility index (Phi) is 6.62. The van der Waals surface area contributed by atoms with Crippen LogP contribution in [0.15, 0.2) is 30.5 Å². The van der Waals surface area contributed by atoms with Crippen LogP contribution < -0.4 is 5.32 Å². The maximum atomic E-state index is 12.4. The van der Waals surface area contributed by atoms with Crippen LogP contribution in [0.5, 0.6) is 0 Å². The molecule has 2 aromatic rings. The van der Waals surface area contributed by atoms with Gasteiger partial charge in [0.2, 0.25) is 0 Å². The third-order valence-electron chi connectivity index (χ3n) is 3.81. The normalized spacial score (nSPS) is 12.1. The van der Waals surface area contributed by atoms with Gasteiger partial charge in [-0.25, -0.2) is 0 Å². The maximum absolute atomic E-state index is 12.4. The molecule has 3 N–H and O–H groups in total. The van der Waals surface area contributed by atoms with Gasteiger partial charge >= 0.3 is 0 Å². The van der Waals surface area contributed by atoms with Crippen molar-refractivity contribution in [2.45, 2.75) is 26.2 Å². The Morgan fingerprint density at radius 2 is 2.17 bits per heavy atom. The smallest absolute Gasteiger partial charge is 0.255 e. The third-order valence-corrected chi connectivity index (χ3v) is 4.14. The van der Waals surface area contributed by atoms with Gasteiger partial charge in [0.1, 0.15) is 0 Å². The quantitative estimate of drug-likeness (QED) is 0.693. The Morgan fingerprint density at radius 3 is 2.87 bits per heavy atom. The molecule has 1 heterocycles. The number of aliphatic hydroxyl groups excluding tert-OH is 1. The van der Waals surface area contributed by atoms with E-state index < -0.39 is 0 Å². The second kappa shape index (κ2) is 8.70. The van der Waals surface area contributed by atoms with E-state index in [1.54, 1.807) is 6.07 Å². The SMILES string of the molecule is CCCC(CCO)CNC(=O)c1cn[nH]c1-c1ccccc1Cl. The molecule has 6 heteroatoms. The molecule has 0 saturated heterocycles. The summed E-state index contributed by atoms with van der Waals surface area (Å²) in [7, 11) is 0. The Bertz CT molecular complexity index is 636. The number of H-pyrrole nitrogens is 1. The maximum Gasteiger partial charge on any atom is 0.255 e. The molecule has 0 aliphatic heterocycles. The van der Waals surface area contributed by atoms with Crippen LogP contribution in [-0.2, 0) is 0 Å². The number of rotatable bonds is 8. The van der Waals surface area contributed by atoms with Crippen molar-refractivity contribution >= 4 is 17.5 Å². The molecule has 1 aromatic carbocycles. The van der Waals surface area contributed by atoms with Crippen molar-refractivity contribution in [3.8, 4) is 11.3 Å². The second-order valence-corrected chi connectivity index (χ2v) is 5.92. The fraction of sp³-hybridized carbons (Fsp3) is 0.412. The van der Waals surface area contributed by atoms with Crippen LogP contribution in [-0.4, -0.2) is 34.4 Å². The van der Waals surface area contributed by atoms with E-state index in [0.717, 1.165) is 18.4 Å². The summed E-state index contributed by atoms with van der Waals surface area (Å²) >= 11 is 6.20. The largest absolute Gasteiger partial charge is 0.396 e. The van der Waals surface area contributed by atoms with E-state index in [4.69, 9.17) is 16.7 Å². The number of aromatic nitrogens is 2. The Balaban J connectivity index is 2.09. The van der Waals surface area contributed by atoms with Gasteiger partial charge in [-0.2, -0.15) is 5.10 Å². The van der Waals surface area contributed by atoms with Crippen molar-refractivity contribution in [2.75, 3.05) is 13.2 Å². The topological polar surface area (TPSA) is 78.0 Å². The van der Waals surface area contributed by atoms with Gasteiger partial charge in [0.15, 0.2) is 0 Å². The molecule has 1 amide bonds. The summed E-state index contributed by atoms with van der Waals surface area (Å²) in [6.45, 7) is 2.77. The molecule has 1 atom stereocenters. The van der Waals surface area contributed by atoms with Gasteiger partial charge < -0.3 is 10.4 Å². The van der Waals surface area contributed by atoms with Gasteiger partial charge in [-0.1, -0.05) is 43.1 Å². The lowest BCUT2D eigenvalue weighted by Crippen LogP contribution is -2.29. The number of nitrogens with zero attached hydrogens (tertiary/aromatic N) is 1. The summed E-state index contributed by atoms with van der Waals surface area (Å²) in [4.78, 5) is 12.4. The molecule has 0 aliphatic rings. The van der Waals surface area contributed by atoms with E-state index in [1.165, 1.54) is 6.20 Å². The molecule has 0 aliphatic carbocycles. The second-order valence-electron chi connectivity index (χ2n) is 5.52. The van der Waals surface area contributed by atoms with Crippen LogP contribution in [0, 0.1) is 5.92 Å². The number of hydrogen-bond acceptors (Lipinski definition) is 3. The van der Waals surface area contributed by atoms with Gasteiger partial charge in [0, 0.05) is 23.7 Å². The number of aromatic amines is 1. The van der Waals surface area contributed by atoms with Crippen LogP contribution in [0.25, 0.3) is 11.3 Å². The van der Waals surface area contributed by atoms with Gasteiger partial charge in [0.25, 0.3) is 5.91 Å². The average molecular weight is 336 g/mol. The summed E-state index contributed by atoms with van der Waals surface area (Å²) in [6, 6.07) is 7.32. The molecule has 0 radical (unpaired) electrons. The molecule has 23 heavy (non-hydrogen) atoms. The minimum absolute atomic E-state index is 0.136. The predicted molar refractivity (Wildman–Crippen MR) is 91.5 cm³/mol. The zero-order chi connectivity index (χ0) is 16.7. The lowest BCUT2D eigenvalue weighted by molar-refractivity contribution is 0.0943.